The minimum absolute atomic E-state index is 0.369. The van der Waals surface area contributed by atoms with Gasteiger partial charge in [0.05, 0.1) is 17.7 Å². The van der Waals surface area contributed by atoms with Crippen molar-refractivity contribution in [2.24, 2.45) is 15.8 Å². The number of aliphatic imine (C=N–C) groups is 1. The van der Waals surface area contributed by atoms with E-state index in [1.807, 2.05) is 12.1 Å². The fourth-order valence-electron chi connectivity index (χ4n) is 3.94. The lowest BCUT2D eigenvalue weighted by Gasteiger charge is -2.31. The van der Waals surface area contributed by atoms with Crippen LogP contribution in [0.3, 0.4) is 0 Å². The third-order valence-electron chi connectivity index (χ3n) is 5.47. The number of hydrazone groups is 1. The van der Waals surface area contributed by atoms with Crippen molar-refractivity contribution in [1.29, 1.82) is 0 Å². The van der Waals surface area contributed by atoms with Crippen LogP contribution in [0.15, 0.2) is 74.5 Å². The van der Waals surface area contributed by atoms with E-state index in [0.717, 1.165) is 61.0 Å². The summed E-state index contributed by atoms with van der Waals surface area (Å²) in [5.74, 6) is 1.13. The van der Waals surface area contributed by atoms with Gasteiger partial charge in [0, 0.05) is 43.9 Å². The minimum atomic E-state index is 0.369. The summed E-state index contributed by atoms with van der Waals surface area (Å²) in [6, 6.07) is 12.3. The van der Waals surface area contributed by atoms with Crippen LogP contribution < -0.4 is 16.0 Å². The molecule has 0 saturated carbocycles. The van der Waals surface area contributed by atoms with E-state index in [0.29, 0.717) is 5.96 Å². The number of nitrogens with one attached hydrogen (secondary N) is 1. The van der Waals surface area contributed by atoms with Crippen LogP contribution in [-0.4, -0.2) is 42.9 Å². The van der Waals surface area contributed by atoms with Crippen LogP contribution in [0.2, 0.25) is 0 Å². The van der Waals surface area contributed by atoms with Gasteiger partial charge in [-0.1, -0.05) is 12.1 Å². The van der Waals surface area contributed by atoms with Crippen LogP contribution in [0, 0.1) is 0 Å². The van der Waals surface area contributed by atoms with E-state index < -0.39 is 0 Å². The number of allylic oxidation sites excluding steroid dienone is 2. The summed E-state index contributed by atoms with van der Waals surface area (Å²) in [5, 5.41) is 9.78. The smallest absolute Gasteiger partial charge is 0.222 e. The Morgan fingerprint density at radius 2 is 2.00 bits per heavy atom. The van der Waals surface area contributed by atoms with Crippen molar-refractivity contribution in [2.45, 2.75) is 13.3 Å². The fraction of sp³-hybridized carbons (Fsp3) is 0.273. The number of piperazine rings is 1. The zero-order valence-corrected chi connectivity index (χ0v) is 16.4. The molecular formula is C22H24N6O. The second kappa shape index (κ2) is 7.25. The molecule has 1 fully saturated rings. The summed E-state index contributed by atoms with van der Waals surface area (Å²) in [5.41, 5.74) is 12.5. The number of furan rings is 1. The van der Waals surface area contributed by atoms with Crippen LogP contribution in [0.25, 0.3) is 5.70 Å². The van der Waals surface area contributed by atoms with Crippen molar-refractivity contribution < 1.29 is 4.42 Å². The molecule has 0 spiro atoms. The number of rotatable bonds is 3. The third-order valence-corrected chi connectivity index (χ3v) is 5.47. The number of nitrogens with two attached hydrogens (primary N) is 1. The summed E-state index contributed by atoms with van der Waals surface area (Å²) in [6.07, 6.45) is 4.45. The Bertz CT molecular complexity index is 1040. The van der Waals surface area contributed by atoms with Crippen molar-refractivity contribution in [2.75, 3.05) is 31.1 Å². The number of hydrogen-bond acceptors (Lipinski definition) is 7. The molecule has 1 aromatic carbocycles. The first-order chi connectivity index (χ1) is 14.2. The molecule has 7 nitrogen and oxygen atoms in total. The first-order valence-electron chi connectivity index (χ1n) is 9.92. The summed E-state index contributed by atoms with van der Waals surface area (Å²) >= 11 is 0. The number of hydrogen-bond donors (Lipinski definition) is 2. The lowest BCUT2D eigenvalue weighted by Crippen LogP contribution is -2.43. The molecule has 1 saturated heterocycles. The van der Waals surface area contributed by atoms with Crippen LogP contribution in [-0.2, 0) is 0 Å². The quantitative estimate of drug-likeness (QED) is 0.845. The monoisotopic (exact) mass is 388 g/mol. The summed E-state index contributed by atoms with van der Waals surface area (Å²) in [4.78, 5) is 7.05. The molecule has 3 N–H and O–H groups in total. The zero-order valence-electron chi connectivity index (χ0n) is 16.4. The Hall–Kier alpha value is -3.32. The van der Waals surface area contributed by atoms with Crippen molar-refractivity contribution in [3.63, 3.8) is 0 Å². The lowest BCUT2D eigenvalue weighted by atomic mass is 10.0. The molecule has 7 heteroatoms. The van der Waals surface area contributed by atoms with E-state index in [4.69, 9.17) is 10.2 Å². The van der Waals surface area contributed by atoms with Gasteiger partial charge in [-0.25, -0.2) is 10.0 Å². The van der Waals surface area contributed by atoms with Gasteiger partial charge in [0.1, 0.15) is 11.5 Å². The molecular weight excluding hydrogens is 364 g/mol. The van der Waals surface area contributed by atoms with E-state index >= 15 is 0 Å². The Labute approximate surface area is 169 Å². The molecule has 148 valence electrons. The van der Waals surface area contributed by atoms with Gasteiger partial charge < -0.3 is 20.4 Å². The van der Waals surface area contributed by atoms with E-state index in [1.54, 1.807) is 11.3 Å². The van der Waals surface area contributed by atoms with Gasteiger partial charge in [0.25, 0.3) is 0 Å². The highest BCUT2D eigenvalue weighted by Crippen LogP contribution is 2.32. The van der Waals surface area contributed by atoms with E-state index in [2.05, 4.69) is 57.6 Å². The molecule has 29 heavy (non-hydrogen) atoms. The highest BCUT2D eigenvalue weighted by atomic mass is 16.3. The van der Waals surface area contributed by atoms with Gasteiger partial charge in [0.15, 0.2) is 0 Å². The number of fused-ring (bicyclic) bond motifs is 1. The summed E-state index contributed by atoms with van der Waals surface area (Å²) in [7, 11) is 0. The van der Waals surface area contributed by atoms with Crippen LogP contribution in [0.4, 0.5) is 5.69 Å². The van der Waals surface area contributed by atoms with Gasteiger partial charge >= 0.3 is 0 Å². The predicted octanol–water partition coefficient (Wildman–Crippen LogP) is 2.74. The fourth-order valence-corrected chi connectivity index (χ4v) is 3.94. The maximum atomic E-state index is 6.32. The second-order valence-corrected chi connectivity index (χ2v) is 7.47. The van der Waals surface area contributed by atoms with Gasteiger partial charge in [-0.2, -0.15) is 5.10 Å². The summed E-state index contributed by atoms with van der Waals surface area (Å²) in [6.45, 7) is 6.14. The molecule has 0 aliphatic carbocycles. The Balaban J connectivity index is 1.47. The zero-order chi connectivity index (χ0) is 19.8. The van der Waals surface area contributed by atoms with Gasteiger partial charge in [-0.05, 0) is 42.8 Å². The molecule has 0 amide bonds. The molecule has 4 heterocycles. The normalized spacial score (nSPS) is 19.6. The van der Waals surface area contributed by atoms with E-state index in [1.165, 1.54) is 11.3 Å². The predicted molar refractivity (Wildman–Crippen MR) is 116 cm³/mol. The largest absolute Gasteiger partial charge is 0.463 e. The summed E-state index contributed by atoms with van der Waals surface area (Å²) < 4.78 is 5.51. The topological polar surface area (TPSA) is 82.4 Å². The average Bonchev–Trinajstić information content (AvgIpc) is 3.30. The molecule has 2 aromatic rings. The van der Waals surface area contributed by atoms with Gasteiger partial charge in [0.2, 0.25) is 5.96 Å². The Morgan fingerprint density at radius 1 is 1.14 bits per heavy atom. The van der Waals surface area contributed by atoms with Gasteiger partial charge in [-0.3, -0.25) is 0 Å². The number of nitrogens with zero attached hydrogens (tertiary/aromatic N) is 4. The SMILES string of the molecule is CC1=C2C=C(c3cccc(N4CCNCC4)c3)N=C(N)N2N=C(c2ccco2)C1. The first kappa shape index (κ1) is 17.8. The van der Waals surface area contributed by atoms with Crippen molar-refractivity contribution >= 4 is 23.1 Å². The molecule has 1 aromatic heterocycles. The maximum Gasteiger partial charge on any atom is 0.222 e. The molecule has 0 atom stereocenters. The highest BCUT2D eigenvalue weighted by molar-refractivity contribution is 6.02. The number of guanidine groups is 1. The molecule has 3 aliphatic rings. The lowest BCUT2D eigenvalue weighted by molar-refractivity contribution is 0.518. The Morgan fingerprint density at radius 3 is 2.79 bits per heavy atom. The highest BCUT2D eigenvalue weighted by Gasteiger charge is 2.27. The van der Waals surface area contributed by atoms with Gasteiger partial charge in [-0.15, -0.1) is 0 Å². The van der Waals surface area contributed by atoms with Crippen molar-refractivity contribution in [3.05, 3.63) is 71.3 Å². The van der Waals surface area contributed by atoms with E-state index in [-0.39, 0.29) is 0 Å². The van der Waals surface area contributed by atoms with Crippen LogP contribution in [0.1, 0.15) is 24.7 Å². The van der Waals surface area contributed by atoms with Crippen molar-refractivity contribution in [3.8, 4) is 0 Å². The van der Waals surface area contributed by atoms with Crippen molar-refractivity contribution in [1.82, 2.24) is 10.3 Å². The standard InChI is InChI=1S/C22H24N6O/c1-15-12-19(21-6-3-11-29-21)26-28-20(15)14-18(25-22(28)23)16-4-2-5-17(13-16)27-9-7-24-8-10-27/h2-6,11,13-14,24H,7-10,12H2,1H3,(H2,23,25). The van der Waals surface area contributed by atoms with E-state index in [9.17, 15) is 0 Å². The molecule has 5 rings (SSSR count). The second-order valence-electron chi connectivity index (χ2n) is 7.47. The number of anilines is 1. The average molecular weight is 388 g/mol. The molecule has 0 unspecified atom stereocenters. The first-order valence-corrected chi connectivity index (χ1v) is 9.92. The number of benzene rings is 1. The third kappa shape index (κ3) is 3.34. The Kier molecular flexibility index (Phi) is 4.44. The molecule has 0 bridgehead atoms. The maximum absolute atomic E-state index is 6.32. The molecule has 3 aliphatic heterocycles. The minimum Gasteiger partial charge on any atom is -0.463 e. The molecule has 0 radical (unpaired) electrons. The van der Waals surface area contributed by atoms with Crippen LogP contribution >= 0.6 is 0 Å². The van der Waals surface area contributed by atoms with Crippen LogP contribution in [0.5, 0.6) is 0 Å².